The van der Waals surface area contributed by atoms with E-state index in [9.17, 15) is 18.0 Å². The first-order chi connectivity index (χ1) is 10.5. The van der Waals surface area contributed by atoms with Gasteiger partial charge in [-0.1, -0.05) is 26.2 Å². The average molecular weight is 314 g/mol. The lowest BCUT2D eigenvalue weighted by atomic mass is 9.80. The highest BCUT2D eigenvalue weighted by atomic mass is 19.2. The van der Waals surface area contributed by atoms with Crippen LogP contribution in [0.15, 0.2) is 12.1 Å². The van der Waals surface area contributed by atoms with Crippen LogP contribution >= 0.6 is 0 Å². The Morgan fingerprint density at radius 3 is 2.27 bits per heavy atom. The first kappa shape index (κ1) is 16.8. The molecule has 22 heavy (non-hydrogen) atoms. The molecule has 122 valence electrons. The van der Waals surface area contributed by atoms with Crippen molar-refractivity contribution < 1.29 is 22.7 Å². The van der Waals surface area contributed by atoms with E-state index < -0.39 is 23.4 Å². The third-order valence-electron chi connectivity index (χ3n) is 4.32. The third kappa shape index (κ3) is 4.24. The summed E-state index contributed by atoms with van der Waals surface area (Å²) >= 11 is 0. The number of unbranched alkanes of at least 4 members (excludes halogenated alkanes) is 1. The second-order valence-corrected chi connectivity index (χ2v) is 5.98. The summed E-state index contributed by atoms with van der Waals surface area (Å²) in [7, 11) is 0. The predicted molar refractivity (Wildman–Crippen MR) is 76.9 cm³/mol. The molecule has 5 heteroatoms. The molecule has 1 aliphatic rings. The van der Waals surface area contributed by atoms with E-state index >= 15 is 0 Å². The lowest BCUT2D eigenvalue weighted by molar-refractivity contribution is -0.140. The summed E-state index contributed by atoms with van der Waals surface area (Å²) in [6.07, 6.45) is 6.99. The number of rotatable bonds is 5. The summed E-state index contributed by atoms with van der Waals surface area (Å²) in [5.74, 6) is -4.62. The van der Waals surface area contributed by atoms with Crippen molar-refractivity contribution in [1.82, 2.24) is 0 Å². The van der Waals surface area contributed by atoms with Crippen molar-refractivity contribution in [3.63, 3.8) is 0 Å². The maximum Gasteiger partial charge on any atom is 0.314 e. The number of benzene rings is 1. The van der Waals surface area contributed by atoms with E-state index in [1.807, 2.05) is 0 Å². The Bertz CT molecular complexity index is 500. The van der Waals surface area contributed by atoms with E-state index in [1.165, 1.54) is 19.3 Å². The highest BCUT2D eigenvalue weighted by Crippen LogP contribution is 2.33. The molecule has 1 aromatic rings. The molecule has 0 spiro atoms. The van der Waals surface area contributed by atoms with Crippen molar-refractivity contribution in [2.24, 2.45) is 11.8 Å². The number of ether oxygens (including phenoxy) is 1. The molecule has 0 N–H and O–H groups in total. The molecule has 0 atom stereocenters. The van der Waals surface area contributed by atoms with Crippen molar-refractivity contribution in [2.75, 3.05) is 0 Å². The van der Waals surface area contributed by atoms with Crippen LogP contribution in [0.1, 0.15) is 51.9 Å². The fourth-order valence-corrected chi connectivity index (χ4v) is 2.97. The molecule has 0 aliphatic heterocycles. The van der Waals surface area contributed by atoms with Crippen molar-refractivity contribution in [1.29, 1.82) is 0 Å². The van der Waals surface area contributed by atoms with Gasteiger partial charge in [-0.05, 0) is 31.6 Å². The van der Waals surface area contributed by atoms with Gasteiger partial charge < -0.3 is 4.74 Å². The molecule has 0 saturated heterocycles. The topological polar surface area (TPSA) is 26.3 Å². The molecule has 0 bridgehead atoms. The largest absolute Gasteiger partial charge is 0.426 e. The Hall–Kier alpha value is -1.52. The van der Waals surface area contributed by atoms with Gasteiger partial charge in [0.15, 0.2) is 17.5 Å². The maximum atomic E-state index is 13.1. The molecular weight excluding hydrogens is 293 g/mol. The normalized spacial score (nSPS) is 21.6. The van der Waals surface area contributed by atoms with E-state index in [4.69, 9.17) is 4.74 Å². The predicted octanol–water partition coefficient (Wildman–Crippen LogP) is 5.01. The molecule has 1 saturated carbocycles. The molecule has 0 amide bonds. The Labute approximate surface area is 128 Å². The fourth-order valence-electron chi connectivity index (χ4n) is 2.97. The Balaban J connectivity index is 1.88. The summed E-state index contributed by atoms with van der Waals surface area (Å²) in [5, 5.41) is 0. The third-order valence-corrected chi connectivity index (χ3v) is 4.32. The molecule has 0 radical (unpaired) electrons. The molecular formula is C17H21F3O2. The molecule has 1 fully saturated rings. The highest BCUT2D eigenvalue weighted by Gasteiger charge is 2.27. The van der Waals surface area contributed by atoms with Gasteiger partial charge in [0, 0.05) is 12.1 Å². The molecule has 0 aromatic heterocycles. The van der Waals surface area contributed by atoms with Crippen molar-refractivity contribution in [2.45, 2.75) is 51.9 Å². The summed E-state index contributed by atoms with van der Waals surface area (Å²) in [5.41, 5.74) is 0. The number of hydrogen-bond donors (Lipinski definition) is 0. The standard InChI is InChI=1S/C17H21F3O2/c1-2-3-4-11-5-7-12(8-6-11)17(21)22-13-9-14(18)16(20)15(19)10-13/h9-12H,2-8H2,1H3/t11-,12-. The second-order valence-electron chi connectivity index (χ2n) is 5.98. The van der Waals surface area contributed by atoms with Gasteiger partial charge in [-0.3, -0.25) is 4.79 Å². The number of hydrogen-bond acceptors (Lipinski definition) is 2. The Morgan fingerprint density at radius 2 is 1.73 bits per heavy atom. The van der Waals surface area contributed by atoms with Crippen LogP contribution in [0.3, 0.4) is 0 Å². The van der Waals surface area contributed by atoms with E-state index in [1.54, 1.807) is 0 Å². The fraction of sp³-hybridized carbons (Fsp3) is 0.588. The van der Waals surface area contributed by atoms with Gasteiger partial charge in [0.25, 0.3) is 0 Å². The lowest BCUT2D eigenvalue weighted by Gasteiger charge is -2.27. The van der Waals surface area contributed by atoms with E-state index in [-0.39, 0.29) is 11.7 Å². The van der Waals surface area contributed by atoms with Gasteiger partial charge in [-0.25, -0.2) is 13.2 Å². The SMILES string of the molecule is CCCC[C@H]1CC[C@H](C(=O)Oc2cc(F)c(F)c(F)c2)CC1. The van der Waals surface area contributed by atoms with Gasteiger partial charge in [0.2, 0.25) is 0 Å². The zero-order valence-electron chi connectivity index (χ0n) is 12.7. The minimum atomic E-state index is -1.56. The maximum absolute atomic E-state index is 13.1. The molecule has 0 unspecified atom stereocenters. The first-order valence-corrected chi connectivity index (χ1v) is 7.87. The average Bonchev–Trinajstić information content (AvgIpc) is 2.51. The number of carbonyl (C=O) groups is 1. The summed E-state index contributed by atoms with van der Waals surface area (Å²) < 4.78 is 44.1. The van der Waals surface area contributed by atoms with Gasteiger partial charge in [-0.2, -0.15) is 0 Å². The van der Waals surface area contributed by atoms with E-state index in [0.717, 1.165) is 25.7 Å². The smallest absolute Gasteiger partial charge is 0.314 e. The molecule has 1 aliphatic carbocycles. The minimum Gasteiger partial charge on any atom is -0.426 e. The van der Waals surface area contributed by atoms with E-state index in [0.29, 0.717) is 18.1 Å². The molecule has 2 rings (SSSR count). The van der Waals surface area contributed by atoms with Crippen LogP contribution in [0.25, 0.3) is 0 Å². The zero-order chi connectivity index (χ0) is 16.1. The van der Waals surface area contributed by atoms with E-state index in [2.05, 4.69) is 6.92 Å². The van der Waals surface area contributed by atoms with Gasteiger partial charge in [-0.15, -0.1) is 0 Å². The van der Waals surface area contributed by atoms with Gasteiger partial charge in [0.05, 0.1) is 5.92 Å². The summed E-state index contributed by atoms with van der Waals surface area (Å²) in [6.45, 7) is 2.16. The summed E-state index contributed by atoms with van der Waals surface area (Å²) in [6, 6.07) is 1.40. The van der Waals surface area contributed by atoms with Crippen LogP contribution in [-0.2, 0) is 4.79 Å². The van der Waals surface area contributed by atoms with Crippen LogP contribution in [0.5, 0.6) is 5.75 Å². The number of esters is 1. The molecule has 0 heterocycles. The van der Waals surface area contributed by atoms with Crippen molar-refractivity contribution >= 4 is 5.97 Å². The van der Waals surface area contributed by atoms with Crippen LogP contribution in [0, 0.1) is 29.3 Å². The lowest BCUT2D eigenvalue weighted by Crippen LogP contribution is -2.25. The zero-order valence-corrected chi connectivity index (χ0v) is 12.7. The summed E-state index contributed by atoms with van der Waals surface area (Å²) in [4.78, 5) is 12.0. The Kier molecular flexibility index (Phi) is 5.86. The van der Waals surface area contributed by atoms with Gasteiger partial charge in [0.1, 0.15) is 5.75 Å². The quantitative estimate of drug-likeness (QED) is 0.434. The molecule has 2 nitrogen and oxygen atoms in total. The number of carbonyl (C=O) groups excluding carboxylic acids is 1. The Morgan fingerprint density at radius 1 is 1.14 bits per heavy atom. The van der Waals surface area contributed by atoms with Crippen LogP contribution in [-0.4, -0.2) is 5.97 Å². The van der Waals surface area contributed by atoms with Gasteiger partial charge >= 0.3 is 5.97 Å². The first-order valence-electron chi connectivity index (χ1n) is 7.87. The number of halogens is 3. The van der Waals surface area contributed by atoms with Crippen LogP contribution in [0.2, 0.25) is 0 Å². The second kappa shape index (κ2) is 7.65. The monoisotopic (exact) mass is 314 g/mol. The van der Waals surface area contributed by atoms with Crippen LogP contribution in [0.4, 0.5) is 13.2 Å². The van der Waals surface area contributed by atoms with Crippen molar-refractivity contribution in [3.8, 4) is 5.75 Å². The van der Waals surface area contributed by atoms with Crippen LogP contribution < -0.4 is 4.74 Å². The highest BCUT2D eigenvalue weighted by molar-refractivity contribution is 5.75. The minimum absolute atomic E-state index is 0.242. The van der Waals surface area contributed by atoms with Crippen molar-refractivity contribution in [3.05, 3.63) is 29.6 Å². The molecule has 1 aromatic carbocycles.